The number of aromatic nitrogens is 1. The van der Waals surface area contributed by atoms with Crippen molar-refractivity contribution in [2.75, 3.05) is 37.9 Å². The molecule has 1 aromatic rings. The third kappa shape index (κ3) is 5.23. The van der Waals surface area contributed by atoms with Gasteiger partial charge in [-0.3, -0.25) is 4.79 Å². The largest absolute Gasteiger partial charge is 0.397 e. The second-order valence-electron chi connectivity index (χ2n) is 3.80. The molecule has 0 aliphatic rings. The van der Waals surface area contributed by atoms with E-state index >= 15 is 0 Å². The standard InChI is InChI=1S/C12H17N5O2/c1-19-5-4-15-11(18)2-3-16-12-9(7-13)6-10(14)8-17-12/h6,8H,2-5,14H2,1H3,(H,15,18)(H,16,17). The SMILES string of the molecule is COCCNC(=O)CCNc1ncc(N)cc1C#N. The fraction of sp³-hybridized carbons (Fsp3) is 0.417. The molecule has 1 aromatic heterocycles. The van der Waals surface area contributed by atoms with Crippen molar-refractivity contribution < 1.29 is 9.53 Å². The van der Waals surface area contributed by atoms with Gasteiger partial charge in [0.1, 0.15) is 11.9 Å². The highest BCUT2D eigenvalue weighted by atomic mass is 16.5. The number of nitriles is 1. The highest BCUT2D eigenvalue weighted by molar-refractivity contribution is 5.76. The lowest BCUT2D eigenvalue weighted by molar-refractivity contribution is -0.121. The minimum Gasteiger partial charge on any atom is -0.397 e. The maximum Gasteiger partial charge on any atom is 0.221 e. The lowest BCUT2D eigenvalue weighted by Gasteiger charge is -2.08. The van der Waals surface area contributed by atoms with Gasteiger partial charge in [0.2, 0.25) is 5.91 Å². The molecule has 1 rings (SSSR count). The van der Waals surface area contributed by atoms with Crippen LogP contribution in [0, 0.1) is 11.3 Å². The monoisotopic (exact) mass is 263 g/mol. The van der Waals surface area contributed by atoms with Crippen LogP contribution in [0.5, 0.6) is 0 Å². The summed E-state index contributed by atoms with van der Waals surface area (Å²) in [5, 5.41) is 14.5. The predicted molar refractivity (Wildman–Crippen MR) is 71.4 cm³/mol. The summed E-state index contributed by atoms with van der Waals surface area (Å²) in [6.45, 7) is 1.36. The number of amides is 1. The Balaban J connectivity index is 2.37. The molecule has 0 bridgehead atoms. The maximum absolute atomic E-state index is 11.4. The first kappa shape index (κ1) is 14.7. The van der Waals surface area contributed by atoms with E-state index in [4.69, 9.17) is 15.7 Å². The molecule has 0 radical (unpaired) electrons. The lowest BCUT2D eigenvalue weighted by atomic mass is 10.2. The van der Waals surface area contributed by atoms with Gasteiger partial charge in [-0.2, -0.15) is 5.26 Å². The summed E-state index contributed by atoms with van der Waals surface area (Å²) in [6.07, 6.45) is 1.75. The van der Waals surface area contributed by atoms with Crippen molar-refractivity contribution in [3.05, 3.63) is 17.8 Å². The quantitative estimate of drug-likeness (QED) is 0.601. The molecule has 7 heteroatoms. The van der Waals surface area contributed by atoms with E-state index in [0.717, 1.165) is 0 Å². The molecule has 0 aliphatic heterocycles. The van der Waals surface area contributed by atoms with Gasteiger partial charge in [-0.1, -0.05) is 0 Å². The van der Waals surface area contributed by atoms with Gasteiger partial charge in [0.05, 0.1) is 24.1 Å². The maximum atomic E-state index is 11.4. The van der Waals surface area contributed by atoms with Crippen LogP contribution >= 0.6 is 0 Å². The molecule has 4 N–H and O–H groups in total. The minimum absolute atomic E-state index is 0.0847. The Morgan fingerprint density at radius 3 is 3.05 bits per heavy atom. The number of nitrogens with zero attached hydrogens (tertiary/aromatic N) is 2. The van der Waals surface area contributed by atoms with Crippen LogP contribution in [-0.2, 0) is 9.53 Å². The molecule has 102 valence electrons. The van der Waals surface area contributed by atoms with Crippen LogP contribution in [0.4, 0.5) is 11.5 Å². The summed E-state index contributed by atoms with van der Waals surface area (Å²) in [5.41, 5.74) is 6.32. The van der Waals surface area contributed by atoms with Gasteiger partial charge in [-0.15, -0.1) is 0 Å². The van der Waals surface area contributed by atoms with Crippen LogP contribution < -0.4 is 16.4 Å². The number of rotatable bonds is 7. The number of ether oxygens (including phenoxy) is 1. The summed E-state index contributed by atoms with van der Waals surface area (Å²) in [5.74, 6) is 0.347. The van der Waals surface area contributed by atoms with E-state index in [1.165, 1.54) is 12.3 Å². The van der Waals surface area contributed by atoms with Crippen LogP contribution in [-0.4, -0.2) is 37.7 Å². The lowest BCUT2D eigenvalue weighted by Crippen LogP contribution is -2.28. The van der Waals surface area contributed by atoms with Gasteiger partial charge >= 0.3 is 0 Å². The summed E-state index contributed by atoms with van der Waals surface area (Å²) in [7, 11) is 1.57. The first-order valence-electron chi connectivity index (χ1n) is 5.82. The van der Waals surface area contributed by atoms with E-state index in [1.54, 1.807) is 7.11 Å². The highest BCUT2D eigenvalue weighted by Crippen LogP contribution is 2.13. The number of pyridine rings is 1. The molecule has 1 amide bonds. The minimum atomic E-state index is -0.0847. The van der Waals surface area contributed by atoms with E-state index in [0.29, 0.717) is 43.2 Å². The smallest absolute Gasteiger partial charge is 0.221 e. The Morgan fingerprint density at radius 2 is 2.37 bits per heavy atom. The van der Waals surface area contributed by atoms with Crippen LogP contribution in [0.25, 0.3) is 0 Å². The molecule has 0 spiro atoms. The van der Waals surface area contributed by atoms with E-state index in [2.05, 4.69) is 15.6 Å². The molecular weight excluding hydrogens is 246 g/mol. The molecule has 7 nitrogen and oxygen atoms in total. The average molecular weight is 263 g/mol. The number of carbonyl (C=O) groups is 1. The molecule has 1 heterocycles. The van der Waals surface area contributed by atoms with Crippen LogP contribution in [0.15, 0.2) is 12.3 Å². The van der Waals surface area contributed by atoms with E-state index in [1.807, 2.05) is 6.07 Å². The van der Waals surface area contributed by atoms with Gasteiger partial charge in [0, 0.05) is 26.6 Å². The number of nitrogens with one attached hydrogen (secondary N) is 2. The predicted octanol–water partition coefficient (Wildman–Crippen LogP) is 0.100. The van der Waals surface area contributed by atoms with Gasteiger partial charge in [0.25, 0.3) is 0 Å². The molecule has 0 saturated carbocycles. The van der Waals surface area contributed by atoms with Crippen molar-refractivity contribution in [1.82, 2.24) is 10.3 Å². The van der Waals surface area contributed by atoms with Crippen molar-refractivity contribution in [3.8, 4) is 6.07 Å². The fourth-order valence-corrected chi connectivity index (χ4v) is 1.38. The zero-order valence-electron chi connectivity index (χ0n) is 10.8. The number of anilines is 2. The second kappa shape index (κ2) is 7.89. The molecule has 0 aromatic carbocycles. The van der Waals surface area contributed by atoms with Gasteiger partial charge in [-0.05, 0) is 6.07 Å². The van der Waals surface area contributed by atoms with Crippen LogP contribution in [0.1, 0.15) is 12.0 Å². The van der Waals surface area contributed by atoms with Crippen LogP contribution in [0.3, 0.4) is 0 Å². The number of carbonyl (C=O) groups excluding carboxylic acids is 1. The molecule has 0 aliphatic carbocycles. The summed E-state index contributed by atoms with van der Waals surface area (Å²) in [4.78, 5) is 15.4. The van der Waals surface area contributed by atoms with E-state index < -0.39 is 0 Å². The Bertz CT molecular complexity index is 470. The topological polar surface area (TPSA) is 113 Å². The number of hydrogen-bond acceptors (Lipinski definition) is 6. The average Bonchev–Trinajstić information content (AvgIpc) is 2.40. The first-order valence-corrected chi connectivity index (χ1v) is 5.82. The van der Waals surface area contributed by atoms with Crippen molar-refractivity contribution in [2.24, 2.45) is 0 Å². The number of hydrogen-bond donors (Lipinski definition) is 3. The fourth-order valence-electron chi connectivity index (χ4n) is 1.38. The van der Waals surface area contributed by atoms with Crippen molar-refractivity contribution in [1.29, 1.82) is 5.26 Å². The van der Waals surface area contributed by atoms with Crippen molar-refractivity contribution in [2.45, 2.75) is 6.42 Å². The Morgan fingerprint density at radius 1 is 1.58 bits per heavy atom. The highest BCUT2D eigenvalue weighted by Gasteiger charge is 2.05. The Labute approximate surface area is 111 Å². The normalized spacial score (nSPS) is 9.68. The van der Waals surface area contributed by atoms with Gasteiger partial charge < -0.3 is 21.1 Å². The molecule has 0 unspecified atom stereocenters. The Kier molecular flexibility index (Phi) is 6.12. The zero-order valence-corrected chi connectivity index (χ0v) is 10.8. The Hall–Kier alpha value is -2.33. The van der Waals surface area contributed by atoms with Crippen molar-refractivity contribution in [3.63, 3.8) is 0 Å². The number of nitrogen functional groups attached to an aromatic ring is 1. The number of nitrogens with two attached hydrogens (primary N) is 1. The zero-order chi connectivity index (χ0) is 14.1. The van der Waals surface area contributed by atoms with Gasteiger partial charge in [-0.25, -0.2) is 4.98 Å². The summed E-state index contributed by atoms with van der Waals surface area (Å²) >= 11 is 0. The third-order valence-electron chi connectivity index (χ3n) is 2.30. The van der Waals surface area contributed by atoms with Crippen molar-refractivity contribution >= 4 is 17.4 Å². The second-order valence-corrected chi connectivity index (χ2v) is 3.80. The molecule has 0 atom stereocenters. The van der Waals surface area contributed by atoms with E-state index in [9.17, 15) is 4.79 Å². The molecule has 19 heavy (non-hydrogen) atoms. The van der Waals surface area contributed by atoms with E-state index in [-0.39, 0.29) is 5.91 Å². The number of methoxy groups -OCH3 is 1. The van der Waals surface area contributed by atoms with Crippen LogP contribution in [0.2, 0.25) is 0 Å². The van der Waals surface area contributed by atoms with Gasteiger partial charge in [0.15, 0.2) is 0 Å². The summed E-state index contributed by atoms with van der Waals surface area (Å²) in [6, 6.07) is 3.53. The molecule has 0 fully saturated rings. The third-order valence-corrected chi connectivity index (χ3v) is 2.30. The summed E-state index contributed by atoms with van der Waals surface area (Å²) < 4.78 is 4.82. The first-order chi connectivity index (χ1) is 9.17. The molecule has 0 saturated heterocycles. The molecular formula is C12H17N5O2.